The average molecular weight is 442 g/mol. The molecule has 0 atom stereocenters. The third-order valence-electron chi connectivity index (χ3n) is 5.29. The zero-order valence-corrected chi connectivity index (χ0v) is 17.3. The normalized spacial score (nSPS) is 13.3. The summed E-state index contributed by atoms with van der Waals surface area (Å²) < 4.78 is 12.0. The van der Waals surface area contributed by atoms with E-state index < -0.39 is 23.8 Å². The monoisotopic (exact) mass is 442 g/mol. The number of aliphatic hydroxyl groups is 1. The van der Waals surface area contributed by atoms with Gasteiger partial charge in [-0.1, -0.05) is 25.0 Å². The molecule has 2 aromatic heterocycles. The first-order chi connectivity index (χ1) is 15.4. The van der Waals surface area contributed by atoms with Gasteiger partial charge in [-0.25, -0.2) is 0 Å². The Hall–Kier alpha value is -3.73. The molecule has 1 fully saturated rings. The number of hydrogen-bond donors (Lipinski definition) is 3. The molecule has 4 rings (SSSR count). The van der Waals surface area contributed by atoms with E-state index in [1.807, 2.05) is 0 Å². The van der Waals surface area contributed by atoms with Gasteiger partial charge in [-0.3, -0.25) is 14.2 Å². The van der Waals surface area contributed by atoms with E-state index in [2.05, 4.69) is 15.2 Å². The second-order valence-corrected chi connectivity index (χ2v) is 7.55. The van der Waals surface area contributed by atoms with Gasteiger partial charge < -0.3 is 24.5 Å². The molecule has 3 N–H and O–H groups in total. The van der Waals surface area contributed by atoms with Crippen LogP contribution in [0, 0.1) is 5.92 Å². The van der Waals surface area contributed by atoms with E-state index >= 15 is 0 Å². The lowest BCUT2D eigenvalue weighted by Gasteiger charge is -2.19. The molecule has 1 aliphatic carbocycles. The van der Waals surface area contributed by atoms with E-state index in [0.29, 0.717) is 35.2 Å². The number of methoxy groups -OCH3 is 1. The van der Waals surface area contributed by atoms with Crippen molar-refractivity contribution in [2.75, 3.05) is 7.11 Å². The number of aromatic nitrogens is 4. The van der Waals surface area contributed by atoms with Crippen LogP contribution < -0.4 is 10.3 Å². The summed E-state index contributed by atoms with van der Waals surface area (Å²) in [7, 11) is 1.44. The number of aliphatic hydroxyl groups excluding tert-OH is 1. The first kappa shape index (κ1) is 21.5. The first-order valence-electron chi connectivity index (χ1n) is 10.1. The maximum Gasteiger partial charge on any atom is 0.312 e. The quantitative estimate of drug-likeness (QED) is 0.442. The molecule has 11 nitrogen and oxygen atoms in total. The third kappa shape index (κ3) is 4.19. The highest BCUT2D eigenvalue weighted by atomic mass is 16.5. The number of carboxylic acids is 1. The molecular formula is C21H22N4O7. The van der Waals surface area contributed by atoms with Crippen LogP contribution in [0.5, 0.6) is 11.6 Å². The Morgan fingerprint density at radius 3 is 2.75 bits per heavy atom. The van der Waals surface area contributed by atoms with Crippen molar-refractivity contribution in [1.82, 2.24) is 19.7 Å². The summed E-state index contributed by atoms with van der Waals surface area (Å²) in [4.78, 5) is 28.8. The number of benzene rings is 1. The van der Waals surface area contributed by atoms with Gasteiger partial charge in [0.15, 0.2) is 5.56 Å². The number of aryl methyl sites for hydroxylation is 1. The van der Waals surface area contributed by atoms with Crippen LogP contribution in [-0.4, -0.2) is 48.1 Å². The van der Waals surface area contributed by atoms with Crippen LogP contribution in [0.15, 0.2) is 27.4 Å². The van der Waals surface area contributed by atoms with Crippen molar-refractivity contribution in [3.8, 4) is 28.8 Å². The van der Waals surface area contributed by atoms with Gasteiger partial charge >= 0.3 is 5.97 Å². The fourth-order valence-corrected chi connectivity index (χ4v) is 3.55. The molecule has 1 saturated carbocycles. The molecule has 0 unspecified atom stereocenters. The zero-order valence-electron chi connectivity index (χ0n) is 17.3. The number of ether oxygens (including phenoxy) is 1. The first-order valence-corrected chi connectivity index (χ1v) is 10.1. The van der Waals surface area contributed by atoms with E-state index in [1.54, 1.807) is 18.2 Å². The molecular weight excluding hydrogens is 420 g/mol. The predicted molar refractivity (Wildman–Crippen MR) is 110 cm³/mol. The lowest BCUT2D eigenvalue weighted by Crippen LogP contribution is -2.27. The van der Waals surface area contributed by atoms with Crippen LogP contribution in [0.1, 0.15) is 36.5 Å². The van der Waals surface area contributed by atoms with Crippen molar-refractivity contribution in [3.05, 3.63) is 45.8 Å². The summed E-state index contributed by atoms with van der Waals surface area (Å²) in [6.45, 7) is -0.361. The molecule has 0 amide bonds. The van der Waals surface area contributed by atoms with Gasteiger partial charge in [-0.05, 0) is 18.4 Å². The number of rotatable bonds is 9. The van der Waals surface area contributed by atoms with Crippen LogP contribution >= 0.6 is 0 Å². The second-order valence-electron chi connectivity index (χ2n) is 7.55. The van der Waals surface area contributed by atoms with Gasteiger partial charge in [0.25, 0.3) is 11.4 Å². The number of nitrogens with zero attached hydrogens (tertiary/aromatic N) is 4. The Kier molecular flexibility index (Phi) is 5.91. The fraction of sp³-hybridized carbons (Fsp3) is 0.381. The molecule has 32 heavy (non-hydrogen) atoms. The summed E-state index contributed by atoms with van der Waals surface area (Å²) in [5.74, 6) is -1.16. The standard InChI is InChI=1S/C21H22N4O7/c1-31-13-4-2-3-12(10-26)18(13)25-14(8-7-11-5-6-11)22-19(29)17(21(25)30)20-24-23-15(32-20)9-16(27)28/h2-4,11,26,29H,5-10H2,1H3,(H,27,28). The highest BCUT2D eigenvalue weighted by molar-refractivity contribution is 5.69. The predicted octanol–water partition coefficient (Wildman–Crippen LogP) is 1.46. The lowest BCUT2D eigenvalue weighted by atomic mass is 10.1. The smallest absolute Gasteiger partial charge is 0.312 e. The molecule has 3 aromatic rings. The minimum Gasteiger partial charge on any atom is -0.495 e. The molecule has 1 aromatic carbocycles. The van der Waals surface area contributed by atoms with E-state index in [1.165, 1.54) is 11.7 Å². The molecule has 2 heterocycles. The minimum absolute atomic E-state index is 0.219. The number of para-hydroxylation sites is 1. The fourth-order valence-electron chi connectivity index (χ4n) is 3.55. The van der Waals surface area contributed by atoms with E-state index in [4.69, 9.17) is 14.3 Å². The van der Waals surface area contributed by atoms with E-state index in [0.717, 1.165) is 19.3 Å². The summed E-state index contributed by atoms with van der Waals surface area (Å²) in [5.41, 5.74) is -0.339. The van der Waals surface area contributed by atoms with E-state index in [9.17, 15) is 19.8 Å². The van der Waals surface area contributed by atoms with Gasteiger partial charge in [0.1, 0.15) is 18.0 Å². The van der Waals surface area contributed by atoms with Crippen LogP contribution in [0.2, 0.25) is 0 Å². The van der Waals surface area contributed by atoms with Crippen molar-refractivity contribution < 1.29 is 29.3 Å². The molecule has 1 aliphatic rings. The number of aliphatic carboxylic acids is 1. The number of carbonyl (C=O) groups is 1. The Labute approximate surface area is 181 Å². The molecule has 0 bridgehead atoms. The van der Waals surface area contributed by atoms with Gasteiger partial charge in [-0.15, -0.1) is 10.2 Å². The van der Waals surface area contributed by atoms with E-state index in [-0.39, 0.29) is 24.0 Å². The van der Waals surface area contributed by atoms with Crippen LogP contribution in [0.3, 0.4) is 0 Å². The molecule has 0 aliphatic heterocycles. The zero-order chi connectivity index (χ0) is 22.8. The molecule has 11 heteroatoms. The second kappa shape index (κ2) is 8.79. The summed E-state index contributed by atoms with van der Waals surface area (Å²) in [6.07, 6.45) is 2.90. The SMILES string of the molecule is COc1cccc(CO)c1-n1c(CCC2CC2)nc(O)c(-c2nnc(CC(=O)O)o2)c1=O. The molecule has 0 spiro atoms. The van der Waals surface area contributed by atoms with Crippen molar-refractivity contribution in [2.24, 2.45) is 5.92 Å². The average Bonchev–Trinajstić information content (AvgIpc) is 3.49. The van der Waals surface area contributed by atoms with Crippen LogP contribution in [-0.2, 0) is 24.2 Å². The lowest BCUT2D eigenvalue weighted by molar-refractivity contribution is -0.136. The van der Waals surface area contributed by atoms with Crippen molar-refractivity contribution in [1.29, 1.82) is 0 Å². The van der Waals surface area contributed by atoms with Gasteiger partial charge in [0.05, 0.1) is 19.4 Å². The highest BCUT2D eigenvalue weighted by Gasteiger charge is 2.28. The largest absolute Gasteiger partial charge is 0.495 e. The maximum atomic E-state index is 13.6. The van der Waals surface area contributed by atoms with Crippen molar-refractivity contribution in [3.63, 3.8) is 0 Å². The number of aromatic hydroxyl groups is 1. The third-order valence-corrected chi connectivity index (χ3v) is 5.29. The summed E-state index contributed by atoms with van der Waals surface area (Å²) >= 11 is 0. The summed E-state index contributed by atoms with van der Waals surface area (Å²) in [6, 6.07) is 4.99. The minimum atomic E-state index is -1.18. The van der Waals surface area contributed by atoms with Gasteiger partial charge in [0.2, 0.25) is 11.8 Å². The van der Waals surface area contributed by atoms with Gasteiger partial charge in [0, 0.05) is 12.0 Å². The Bertz CT molecular complexity index is 1190. The van der Waals surface area contributed by atoms with Crippen molar-refractivity contribution >= 4 is 5.97 Å². The molecule has 168 valence electrons. The highest BCUT2D eigenvalue weighted by Crippen LogP contribution is 2.35. The topological polar surface area (TPSA) is 161 Å². The van der Waals surface area contributed by atoms with Crippen LogP contribution in [0.4, 0.5) is 0 Å². The van der Waals surface area contributed by atoms with Crippen LogP contribution in [0.25, 0.3) is 17.1 Å². The Balaban J connectivity index is 1.93. The Morgan fingerprint density at radius 1 is 1.31 bits per heavy atom. The van der Waals surface area contributed by atoms with Gasteiger partial charge in [-0.2, -0.15) is 4.98 Å². The van der Waals surface area contributed by atoms with Crippen molar-refractivity contribution in [2.45, 2.75) is 38.7 Å². The molecule has 0 radical (unpaired) electrons. The number of hydrogen-bond acceptors (Lipinski definition) is 9. The Morgan fingerprint density at radius 2 is 2.09 bits per heavy atom. The molecule has 0 saturated heterocycles. The maximum absolute atomic E-state index is 13.6. The number of carboxylic acid groups (broad SMARTS) is 1. The summed E-state index contributed by atoms with van der Waals surface area (Å²) in [5, 5.41) is 36.7.